The number of nitrogens with one attached hydrogen (secondary N) is 1. The maximum atomic E-state index is 11.7. The fourth-order valence-electron chi connectivity index (χ4n) is 1.41. The monoisotopic (exact) mass is 324 g/mol. The van der Waals surface area contributed by atoms with Gasteiger partial charge in [-0.1, -0.05) is 0 Å². The predicted molar refractivity (Wildman–Crippen MR) is 80.1 cm³/mol. The highest BCUT2D eigenvalue weighted by molar-refractivity contribution is 7.15. The van der Waals surface area contributed by atoms with Crippen LogP contribution < -0.4 is 5.32 Å². The molecule has 1 amide bonds. The molecule has 0 aliphatic heterocycles. The summed E-state index contributed by atoms with van der Waals surface area (Å²) in [5.41, 5.74) is 0.808. The predicted octanol–water partition coefficient (Wildman–Crippen LogP) is 2.51. The van der Waals surface area contributed by atoms with Gasteiger partial charge in [0.1, 0.15) is 4.88 Å². The molecule has 0 spiro atoms. The first kappa shape index (κ1) is 15.3. The van der Waals surface area contributed by atoms with Gasteiger partial charge in [-0.2, -0.15) is 0 Å². The minimum absolute atomic E-state index is 0.115. The highest BCUT2D eigenvalue weighted by Gasteiger charge is 2.14. The van der Waals surface area contributed by atoms with Crippen molar-refractivity contribution in [2.75, 3.05) is 11.9 Å². The lowest BCUT2D eigenvalue weighted by Crippen LogP contribution is -2.20. The smallest absolute Gasteiger partial charge is 0.348 e. The van der Waals surface area contributed by atoms with Gasteiger partial charge >= 0.3 is 5.97 Å². The van der Waals surface area contributed by atoms with Gasteiger partial charge in [-0.3, -0.25) is 14.9 Å². The summed E-state index contributed by atoms with van der Waals surface area (Å²) in [6, 6.07) is 3.06. The summed E-state index contributed by atoms with van der Waals surface area (Å²) in [7, 11) is 0. The van der Waals surface area contributed by atoms with E-state index in [9.17, 15) is 14.4 Å². The van der Waals surface area contributed by atoms with Crippen LogP contribution in [0.4, 0.5) is 5.13 Å². The lowest BCUT2D eigenvalue weighted by atomic mass is 10.3. The zero-order valence-electron chi connectivity index (χ0n) is 11.3. The quantitative estimate of drug-likeness (QED) is 0.674. The summed E-state index contributed by atoms with van der Waals surface area (Å²) >= 11 is 2.34. The highest BCUT2D eigenvalue weighted by Crippen LogP contribution is 2.18. The van der Waals surface area contributed by atoms with Crippen molar-refractivity contribution < 1.29 is 19.1 Å². The molecule has 0 aliphatic rings. The van der Waals surface area contributed by atoms with Crippen molar-refractivity contribution in [3.63, 3.8) is 0 Å². The van der Waals surface area contributed by atoms with Gasteiger partial charge in [0.05, 0.1) is 10.6 Å². The average Bonchev–Trinajstić information content (AvgIpc) is 3.05. The number of rotatable bonds is 5. The minimum Gasteiger partial charge on any atom is -0.451 e. The number of thiazole rings is 1. The molecule has 1 N–H and O–H groups in total. The normalized spacial score (nSPS) is 10.2. The zero-order chi connectivity index (χ0) is 15.4. The van der Waals surface area contributed by atoms with E-state index in [0.717, 1.165) is 17.0 Å². The van der Waals surface area contributed by atoms with E-state index >= 15 is 0 Å². The number of esters is 1. The maximum absolute atomic E-state index is 11.7. The van der Waals surface area contributed by atoms with Crippen LogP contribution in [-0.4, -0.2) is 29.3 Å². The Kier molecular flexibility index (Phi) is 4.81. The number of hydrogen-bond donors (Lipinski definition) is 1. The first-order valence-corrected chi connectivity index (χ1v) is 7.65. The molecule has 2 heterocycles. The van der Waals surface area contributed by atoms with E-state index in [4.69, 9.17) is 4.74 Å². The summed E-state index contributed by atoms with van der Waals surface area (Å²) in [4.78, 5) is 39.3. The number of thiophene rings is 1. The Morgan fingerprint density at radius 2 is 2.00 bits per heavy atom. The summed E-state index contributed by atoms with van der Waals surface area (Å²) in [5, 5.41) is 4.80. The van der Waals surface area contributed by atoms with Crippen molar-refractivity contribution in [2.45, 2.75) is 13.8 Å². The molecule has 0 saturated carbocycles. The second kappa shape index (κ2) is 6.59. The summed E-state index contributed by atoms with van der Waals surface area (Å²) in [5.74, 6) is -1.20. The average molecular weight is 324 g/mol. The molecule has 0 unspecified atom stereocenters. The van der Waals surface area contributed by atoms with Crippen LogP contribution in [0.1, 0.15) is 32.0 Å². The SMILES string of the molecule is CC(=O)c1ccc(C(=O)OCC(=O)Nc2nc(C)cs2)s1. The number of aromatic nitrogens is 1. The number of ketones is 1. The van der Waals surface area contributed by atoms with Crippen LogP contribution in [0.25, 0.3) is 0 Å². The summed E-state index contributed by atoms with van der Waals surface area (Å²) in [6.07, 6.45) is 0. The van der Waals surface area contributed by atoms with Gasteiger partial charge in [-0.25, -0.2) is 9.78 Å². The van der Waals surface area contributed by atoms with Gasteiger partial charge in [0.25, 0.3) is 5.91 Å². The number of nitrogens with zero attached hydrogens (tertiary/aromatic N) is 1. The van der Waals surface area contributed by atoms with Crippen molar-refractivity contribution >= 4 is 45.5 Å². The van der Waals surface area contributed by atoms with Gasteiger partial charge in [0, 0.05) is 5.38 Å². The molecule has 0 saturated heterocycles. The lowest BCUT2D eigenvalue weighted by molar-refractivity contribution is -0.119. The largest absolute Gasteiger partial charge is 0.451 e. The Labute approximate surface area is 128 Å². The molecule has 8 heteroatoms. The van der Waals surface area contributed by atoms with Crippen LogP contribution in [-0.2, 0) is 9.53 Å². The summed E-state index contributed by atoms with van der Waals surface area (Å²) < 4.78 is 4.89. The molecule has 21 heavy (non-hydrogen) atoms. The fraction of sp³-hybridized carbons (Fsp3) is 0.231. The van der Waals surface area contributed by atoms with Gasteiger partial charge in [0.15, 0.2) is 17.5 Å². The van der Waals surface area contributed by atoms with Crippen LogP contribution in [0, 0.1) is 6.92 Å². The van der Waals surface area contributed by atoms with Crippen molar-refractivity contribution in [1.82, 2.24) is 4.98 Å². The van der Waals surface area contributed by atoms with E-state index in [1.165, 1.54) is 24.3 Å². The van der Waals surface area contributed by atoms with Crippen LogP contribution >= 0.6 is 22.7 Å². The molecular formula is C13H12N2O4S2. The highest BCUT2D eigenvalue weighted by atomic mass is 32.1. The first-order valence-electron chi connectivity index (χ1n) is 5.95. The molecule has 6 nitrogen and oxygen atoms in total. The first-order chi connectivity index (χ1) is 9.95. The molecule has 0 aliphatic carbocycles. The number of ether oxygens (including phenoxy) is 1. The van der Waals surface area contributed by atoms with E-state index in [1.54, 1.807) is 11.4 Å². The Morgan fingerprint density at radius 3 is 2.57 bits per heavy atom. The molecule has 2 rings (SSSR count). The molecular weight excluding hydrogens is 312 g/mol. The van der Waals surface area contributed by atoms with Gasteiger partial charge in [-0.15, -0.1) is 22.7 Å². The minimum atomic E-state index is -0.627. The Morgan fingerprint density at radius 1 is 1.29 bits per heavy atom. The number of Topliss-reactive ketones (excluding diaryl/α,β-unsaturated/α-hetero) is 1. The van der Waals surface area contributed by atoms with Gasteiger partial charge < -0.3 is 4.74 Å². The van der Waals surface area contributed by atoms with Crippen molar-refractivity contribution in [1.29, 1.82) is 0 Å². The van der Waals surface area contributed by atoms with Crippen LogP contribution in [0.15, 0.2) is 17.5 Å². The topological polar surface area (TPSA) is 85.4 Å². The molecule has 0 radical (unpaired) electrons. The second-order valence-corrected chi connectivity index (χ2v) is 6.08. The Hall–Kier alpha value is -2.06. The van der Waals surface area contributed by atoms with E-state index in [0.29, 0.717) is 10.0 Å². The van der Waals surface area contributed by atoms with Crippen LogP contribution in [0.3, 0.4) is 0 Å². The number of carbonyl (C=O) groups excluding carboxylic acids is 3. The van der Waals surface area contributed by atoms with E-state index in [-0.39, 0.29) is 10.7 Å². The number of hydrogen-bond acceptors (Lipinski definition) is 7. The lowest BCUT2D eigenvalue weighted by Gasteiger charge is -2.03. The number of amides is 1. The van der Waals surface area contributed by atoms with E-state index in [2.05, 4.69) is 10.3 Å². The number of carbonyl (C=O) groups is 3. The fourth-order valence-corrected chi connectivity index (χ4v) is 2.91. The Balaban J connectivity index is 1.85. The molecule has 0 bridgehead atoms. The third kappa shape index (κ3) is 4.20. The van der Waals surface area contributed by atoms with Gasteiger partial charge in [0.2, 0.25) is 0 Å². The molecule has 0 fully saturated rings. The van der Waals surface area contributed by atoms with Crippen molar-refractivity contribution in [2.24, 2.45) is 0 Å². The molecule has 2 aromatic heterocycles. The molecule has 0 atom stereocenters. The second-order valence-electron chi connectivity index (χ2n) is 4.14. The third-order valence-corrected chi connectivity index (χ3v) is 4.40. The Bertz CT molecular complexity index is 690. The molecule has 0 aromatic carbocycles. The van der Waals surface area contributed by atoms with Crippen LogP contribution in [0.5, 0.6) is 0 Å². The molecule has 2 aromatic rings. The van der Waals surface area contributed by atoms with Gasteiger partial charge in [-0.05, 0) is 26.0 Å². The van der Waals surface area contributed by atoms with E-state index < -0.39 is 18.5 Å². The third-order valence-electron chi connectivity index (χ3n) is 2.35. The van der Waals surface area contributed by atoms with Crippen molar-refractivity contribution in [3.05, 3.63) is 33.0 Å². The standard InChI is InChI=1S/C13H12N2O4S2/c1-7-6-20-13(14-7)15-11(17)5-19-12(18)10-4-3-9(21-10)8(2)16/h3-4,6H,5H2,1-2H3,(H,14,15,17). The summed E-state index contributed by atoms with van der Waals surface area (Å²) in [6.45, 7) is 2.84. The number of aryl methyl sites for hydroxylation is 1. The molecule has 110 valence electrons. The van der Waals surface area contributed by atoms with E-state index in [1.807, 2.05) is 6.92 Å². The van der Waals surface area contributed by atoms with Crippen LogP contribution in [0.2, 0.25) is 0 Å². The zero-order valence-corrected chi connectivity index (χ0v) is 13.0. The maximum Gasteiger partial charge on any atom is 0.348 e. The number of anilines is 1. The van der Waals surface area contributed by atoms with Crippen molar-refractivity contribution in [3.8, 4) is 0 Å².